The van der Waals surface area contributed by atoms with Gasteiger partial charge in [0.2, 0.25) is 11.9 Å². The molecule has 1 fully saturated rings. The second-order valence-corrected chi connectivity index (χ2v) is 10.4. The van der Waals surface area contributed by atoms with Crippen molar-refractivity contribution in [3.05, 3.63) is 71.5 Å². The van der Waals surface area contributed by atoms with E-state index in [2.05, 4.69) is 31.2 Å². The van der Waals surface area contributed by atoms with Gasteiger partial charge in [0.1, 0.15) is 11.8 Å². The number of nitrogens with zero attached hydrogens (tertiary/aromatic N) is 2. The highest BCUT2D eigenvalue weighted by atomic mass is 16.5. The molecule has 9 heteroatoms. The van der Waals surface area contributed by atoms with Crippen LogP contribution in [0.4, 0.5) is 17.3 Å². The van der Waals surface area contributed by atoms with Gasteiger partial charge < -0.3 is 26.0 Å². The average Bonchev–Trinajstić information content (AvgIpc) is 2.95. The van der Waals surface area contributed by atoms with Crippen molar-refractivity contribution in [2.75, 3.05) is 30.8 Å². The van der Waals surface area contributed by atoms with E-state index >= 15 is 0 Å². The molecule has 0 aliphatic heterocycles. The summed E-state index contributed by atoms with van der Waals surface area (Å²) in [5.74, 6) is 1.33. The van der Waals surface area contributed by atoms with Crippen molar-refractivity contribution in [2.24, 2.45) is 5.92 Å². The molecular formula is C31H40N6O3. The van der Waals surface area contributed by atoms with Crippen LogP contribution >= 0.6 is 0 Å². The van der Waals surface area contributed by atoms with E-state index in [1.165, 1.54) is 19.3 Å². The lowest BCUT2D eigenvalue weighted by Gasteiger charge is -2.26. The van der Waals surface area contributed by atoms with Crippen LogP contribution in [-0.2, 0) is 4.79 Å². The zero-order chi connectivity index (χ0) is 28.3. The van der Waals surface area contributed by atoms with Crippen LogP contribution in [0.1, 0.15) is 60.3 Å². The Balaban J connectivity index is 1.33. The van der Waals surface area contributed by atoms with E-state index in [4.69, 9.17) is 4.74 Å². The predicted octanol–water partition coefficient (Wildman–Crippen LogP) is 5.14. The molecule has 1 heterocycles. The zero-order valence-electron chi connectivity index (χ0n) is 23.6. The van der Waals surface area contributed by atoms with E-state index in [0.29, 0.717) is 36.9 Å². The maximum absolute atomic E-state index is 13.2. The largest absolute Gasteiger partial charge is 0.497 e. The summed E-state index contributed by atoms with van der Waals surface area (Å²) in [6.45, 7) is 4.86. The summed E-state index contributed by atoms with van der Waals surface area (Å²) in [6, 6.07) is 16.1. The summed E-state index contributed by atoms with van der Waals surface area (Å²) >= 11 is 0. The second kappa shape index (κ2) is 14.3. The molecule has 4 rings (SSSR count). The van der Waals surface area contributed by atoms with Gasteiger partial charge in [0.25, 0.3) is 5.91 Å². The molecule has 1 aliphatic carbocycles. The lowest BCUT2D eigenvalue weighted by Crippen LogP contribution is -2.48. The summed E-state index contributed by atoms with van der Waals surface area (Å²) in [6.07, 6.45) is 6.44. The van der Waals surface area contributed by atoms with Gasteiger partial charge in [0.15, 0.2) is 0 Å². The monoisotopic (exact) mass is 544 g/mol. The first-order valence-electron chi connectivity index (χ1n) is 14.1. The van der Waals surface area contributed by atoms with Crippen LogP contribution in [0.3, 0.4) is 0 Å². The third-order valence-electron chi connectivity index (χ3n) is 7.14. The Morgan fingerprint density at radius 3 is 2.20 bits per heavy atom. The number of anilines is 3. The normalized spacial score (nSPS) is 14.2. The van der Waals surface area contributed by atoms with Crippen LogP contribution in [0.5, 0.6) is 5.75 Å². The van der Waals surface area contributed by atoms with E-state index in [-0.39, 0.29) is 11.8 Å². The highest BCUT2D eigenvalue weighted by Crippen LogP contribution is 2.27. The summed E-state index contributed by atoms with van der Waals surface area (Å²) in [4.78, 5) is 35.2. The number of amides is 2. The predicted molar refractivity (Wildman–Crippen MR) is 158 cm³/mol. The van der Waals surface area contributed by atoms with Crippen LogP contribution in [0.25, 0.3) is 0 Å². The van der Waals surface area contributed by atoms with Crippen molar-refractivity contribution in [1.82, 2.24) is 20.6 Å². The first-order valence-corrected chi connectivity index (χ1v) is 14.1. The lowest BCUT2D eigenvalue weighted by atomic mass is 9.84. The summed E-state index contributed by atoms with van der Waals surface area (Å²) in [5, 5.41) is 12.5. The van der Waals surface area contributed by atoms with Crippen molar-refractivity contribution in [1.29, 1.82) is 0 Å². The Labute approximate surface area is 236 Å². The summed E-state index contributed by atoms with van der Waals surface area (Å²) < 4.78 is 5.19. The Morgan fingerprint density at radius 2 is 1.55 bits per heavy atom. The fraction of sp³-hybridized carbons (Fsp3) is 0.419. The van der Waals surface area contributed by atoms with Crippen LogP contribution in [0, 0.1) is 19.8 Å². The number of ether oxygens (including phenoxy) is 1. The minimum absolute atomic E-state index is 0.152. The highest BCUT2D eigenvalue weighted by molar-refractivity contribution is 5.97. The second-order valence-electron chi connectivity index (χ2n) is 10.4. The Kier molecular flexibility index (Phi) is 10.3. The molecule has 1 unspecified atom stereocenters. The number of aromatic nitrogens is 2. The molecule has 40 heavy (non-hydrogen) atoms. The van der Waals surface area contributed by atoms with Crippen LogP contribution < -0.4 is 26.0 Å². The molecule has 1 aromatic heterocycles. The number of hydrogen-bond donors (Lipinski definition) is 4. The number of benzene rings is 2. The van der Waals surface area contributed by atoms with E-state index in [9.17, 15) is 9.59 Å². The Hall–Kier alpha value is -4.14. The third kappa shape index (κ3) is 8.69. The fourth-order valence-corrected chi connectivity index (χ4v) is 5.07. The van der Waals surface area contributed by atoms with E-state index in [0.717, 1.165) is 41.4 Å². The average molecular weight is 545 g/mol. The smallest absolute Gasteiger partial charge is 0.251 e. The first-order chi connectivity index (χ1) is 19.4. The molecule has 0 bridgehead atoms. The van der Waals surface area contributed by atoms with Gasteiger partial charge in [-0.05, 0) is 80.8 Å². The van der Waals surface area contributed by atoms with Crippen molar-refractivity contribution >= 4 is 29.1 Å². The van der Waals surface area contributed by atoms with E-state index in [1.54, 1.807) is 19.2 Å². The Bertz CT molecular complexity index is 1240. The molecule has 2 aromatic carbocycles. The summed E-state index contributed by atoms with van der Waals surface area (Å²) in [7, 11) is 1.63. The van der Waals surface area contributed by atoms with Crippen molar-refractivity contribution in [3.8, 4) is 5.75 Å². The molecule has 3 aromatic rings. The standard InChI is InChI=1S/C31H40N6O3/c1-21-19-22(2)35-31(34-21)36-26-11-9-24(10-12-26)29(38)37-28(20-23-7-5-4-6-8-23)30(39)33-18-17-32-25-13-15-27(40-3)16-14-25/h9-16,19,23,28,32H,4-8,17-18,20H2,1-3H3,(H,33,39)(H,37,38)(H,34,35,36). The first kappa shape index (κ1) is 28.9. The minimum Gasteiger partial charge on any atom is -0.497 e. The fourth-order valence-electron chi connectivity index (χ4n) is 5.07. The van der Waals surface area contributed by atoms with E-state index in [1.807, 2.05) is 56.3 Å². The molecule has 1 aliphatic rings. The van der Waals surface area contributed by atoms with Gasteiger partial charge >= 0.3 is 0 Å². The summed E-state index contributed by atoms with van der Waals surface area (Å²) in [5.41, 5.74) is 3.98. The number of rotatable bonds is 12. The minimum atomic E-state index is -0.585. The van der Waals surface area contributed by atoms with Crippen LogP contribution in [-0.4, -0.2) is 48.0 Å². The van der Waals surface area contributed by atoms with Crippen molar-refractivity contribution in [2.45, 2.75) is 58.4 Å². The van der Waals surface area contributed by atoms with Gasteiger partial charge in [0, 0.05) is 41.4 Å². The topological polar surface area (TPSA) is 117 Å². The number of carbonyl (C=O) groups excluding carboxylic acids is 2. The van der Waals surface area contributed by atoms with Gasteiger partial charge in [-0.2, -0.15) is 0 Å². The number of methoxy groups -OCH3 is 1. The van der Waals surface area contributed by atoms with E-state index < -0.39 is 6.04 Å². The number of aryl methyl sites for hydroxylation is 2. The third-order valence-corrected chi connectivity index (χ3v) is 7.14. The quantitative estimate of drug-likeness (QED) is 0.233. The van der Waals surface area contributed by atoms with Gasteiger partial charge in [0.05, 0.1) is 7.11 Å². The number of nitrogens with one attached hydrogen (secondary N) is 4. The van der Waals surface area contributed by atoms with Gasteiger partial charge in [-0.1, -0.05) is 32.1 Å². The Morgan fingerprint density at radius 1 is 0.900 bits per heavy atom. The molecule has 0 spiro atoms. The van der Waals surface area contributed by atoms with Crippen LogP contribution in [0.2, 0.25) is 0 Å². The molecule has 9 nitrogen and oxygen atoms in total. The molecule has 0 saturated heterocycles. The maximum Gasteiger partial charge on any atom is 0.251 e. The molecule has 1 saturated carbocycles. The molecule has 0 radical (unpaired) electrons. The van der Waals surface area contributed by atoms with Crippen molar-refractivity contribution in [3.63, 3.8) is 0 Å². The number of hydrogen-bond acceptors (Lipinski definition) is 7. The van der Waals surface area contributed by atoms with Gasteiger partial charge in [-0.15, -0.1) is 0 Å². The molecular weight excluding hydrogens is 504 g/mol. The van der Waals surface area contributed by atoms with Gasteiger partial charge in [-0.3, -0.25) is 9.59 Å². The van der Waals surface area contributed by atoms with Crippen LogP contribution in [0.15, 0.2) is 54.6 Å². The molecule has 1 atom stereocenters. The van der Waals surface area contributed by atoms with Crippen molar-refractivity contribution < 1.29 is 14.3 Å². The lowest BCUT2D eigenvalue weighted by molar-refractivity contribution is -0.123. The number of carbonyl (C=O) groups is 2. The molecule has 212 valence electrons. The molecule has 2 amide bonds. The SMILES string of the molecule is COc1ccc(NCCNC(=O)C(CC2CCCCC2)NC(=O)c2ccc(Nc3nc(C)cc(C)n3)cc2)cc1. The molecule has 4 N–H and O–H groups in total. The zero-order valence-corrected chi connectivity index (χ0v) is 23.6. The highest BCUT2D eigenvalue weighted by Gasteiger charge is 2.26. The van der Waals surface area contributed by atoms with Gasteiger partial charge in [-0.25, -0.2) is 9.97 Å². The maximum atomic E-state index is 13.2.